The first-order valence-electron chi connectivity index (χ1n) is 5.68. The standard InChI is InChI=1S/C11H15N3O3/c1-7(15)13-10-9(11(16)17)6-12-14(10)8-4-2-3-5-8/h6,8H,2-5H2,1H3,(H,13,15)(H,16,17). The minimum Gasteiger partial charge on any atom is -0.477 e. The van der Waals surface area contributed by atoms with Gasteiger partial charge in [0.1, 0.15) is 11.4 Å². The highest BCUT2D eigenvalue weighted by Crippen LogP contribution is 2.32. The molecule has 1 aromatic heterocycles. The van der Waals surface area contributed by atoms with Gasteiger partial charge < -0.3 is 10.4 Å². The van der Waals surface area contributed by atoms with Crippen molar-refractivity contribution in [3.05, 3.63) is 11.8 Å². The fraction of sp³-hybridized carbons (Fsp3) is 0.545. The van der Waals surface area contributed by atoms with Crippen molar-refractivity contribution in [3.8, 4) is 0 Å². The number of amides is 1. The van der Waals surface area contributed by atoms with Crippen LogP contribution in [0.2, 0.25) is 0 Å². The Hall–Kier alpha value is -1.85. The molecule has 17 heavy (non-hydrogen) atoms. The van der Waals surface area contributed by atoms with E-state index < -0.39 is 5.97 Å². The van der Waals surface area contributed by atoms with Gasteiger partial charge in [0, 0.05) is 6.92 Å². The molecule has 0 radical (unpaired) electrons. The number of carboxylic acids is 1. The van der Waals surface area contributed by atoms with E-state index >= 15 is 0 Å². The van der Waals surface area contributed by atoms with Crippen LogP contribution in [0.5, 0.6) is 0 Å². The normalized spacial score (nSPS) is 16.1. The number of nitrogens with zero attached hydrogens (tertiary/aromatic N) is 2. The number of carboxylic acid groups (broad SMARTS) is 1. The van der Waals surface area contributed by atoms with Gasteiger partial charge in [-0.25, -0.2) is 9.48 Å². The number of rotatable bonds is 3. The fourth-order valence-corrected chi connectivity index (χ4v) is 2.24. The van der Waals surface area contributed by atoms with Gasteiger partial charge in [-0.15, -0.1) is 0 Å². The van der Waals surface area contributed by atoms with E-state index in [1.807, 2.05) is 0 Å². The number of anilines is 1. The lowest BCUT2D eigenvalue weighted by Crippen LogP contribution is -2.17. The molecule has 2 N–H and O–H groups in total. The van der Waals surface area contributed by atoms with Crippen LogP contribution in [0, 0.1) is 0 Å². The zero-order valence-electron chi connectivity index (χ0n) is 9.64. The molecule has 0 unspecified atom stereocenters. The Balaban J connectivity index is 2.36. The highest BCUT2D eigenvalue weighted by Gasteiger charge is 2.25. The molecule has 0 saturated heterocycles. The summed E-state index contributed by atoms with van der Waals surface area (Å²) in [6.07, 6.45) is 5.49. The Morgan fingerprint density at radius 2 is 2.12 bits per heavy atom. The number of carbonyl (C=O) groups excluding carboxylic acids is 1. The molecule has 1 amide bonds. The van der Waals surface area contributed by atoms with Gasteiger partial charge in [0.15, 0.2) is 0 Å². The molecule has 2 rings (SSSR count). The molecular formula is C11H15N3O3. The second-order valence-corrected chi connectivity index (χ2v) is 4.28. The lowest BCUT2D eigenvalue weighted by Gasteiger charge is -2.14. The third-order valence-corrected chi connectivity index (χ3v) is 2.99. The maximum atomic E-state index is 11.1. The molecule has 1 fully saturated rings. The van der Waals surface area contributed by atoms with Crippen molar-refractivity contribution < 1.29 is 14.7 Å². The molecule has 0 bridgehead atoms. The molecule has 1 aromatic rings. The summed E-state index contributed by atoms with van der Waals surface area (Å²) in [6.45, 7) is 1.36. The van der Waals surface area contributed by atoms with Gasteiger partial charge in [-0.2, -0.15) is 5.10 Å². The minimum atomic E-state index is -1.07. The summed E-state index contributed by atoms with van der Waals surface area (Å²) in [5.74, 6) is -1.05. The molecule has 92 valence electrons. The van der Waals surface area contributed by atoms with E-state index in [9.17, 15) is 9.59 Å². The van der Waals surface area contributed by atoms with E-state index in [1.165, 1.54) is 13.1 Å². The maximum absolute atomic E-state index is 11.1. The zero-order valence-corrected chi connectivity index (χ0v) is 9.64. The Morgan fingerprint density at radius 1 is 1.47 bits per heavy atom. The SMILES string of the molecule is CC(=O)Nc1c(C(=O)O)cnn1C1CCCC1. The average molecular weight is 237 g/mol. The molecule has 1 saturated carbocycles. The topological polar surface area (TPSA) is 84.2 Å². The summed E-state index contributed by atoms with van der Waals surface area (Å²) in [5.41, 5.74) is 0.0482. The van der Waals surface area contributed by atoms with E-state index in [1.54, 1.807) is 4.68 Å². The predicted molar refractivity (Wildman–Crippen MR) is 61.0 cm³/mol. The van der Waals surface area contributed by atoms with Gasteiger partial charge in [0.25, 0.3) is 0 Å². The Bertz CT molecular complexity index is 447. The van der Waals surface area contributed by atoms with Crippen molar-refractivity contribution in [1.29, 1.82) is 0 Å². The van der Waals surface area contributed by atoms with E-state index in [2.05, 4.69) is 10.4 Å². The van der Waals surface area contributed by atoms with Crippen LogP contribution in [0.15, 0.2) is 6.20 Å². The molecule has 0 atom stereocenters. The van der Waals surface area contributed by atoms with Crippen LogP contribution in [0.4, 0.5) is 5.82 Å². The third kappa shape index (κ3) is 2.30. The highest BCUT2D eigenvalue weighted by atomic mass is 16.4. The van der Waals surface area contributed by atoms with Gasteiger partial charge in [-0.1, -0.05) is 12.8 Å². The van der Waals surface area contributed by atoms with Crippen molar-refractivity contribution in [3.63, 3.8) is 0 Å². The van der Waals surface area contributed by atoms with Gasteiger partial charge in [0.05, 0.1) is 12.2 Å². The Labute approximate surface area is 98.6 Å². The third-order valence-electron chi connectivity index (χ3n) is 2.99. The number of hydrogen-bond acceptors (Lipinski definition) is 3. The monoisotopic (exact) mass is 237 g/mol. The second kappa shape index (κ2) is 4.57. The lowest BCUT2D eigenvalue weighted by molar-refractivity contribution is -0.114. The molecule has 1 heterocycles. The van der Waals surface area contributed by atoms with Gasteiger partial charge >= 0.3 is 5.97 Å². The minimum absolute atomic E-state index is 0.0482. The zero-order chi connectivity index (χ0) is 12.4. The summed E-state index contributed by atoms with van der Waals surface area (Å²) in [7, 11) is 0. The van der Waals surface area contributed by atoms with Crippen molar-refractivity contribution in [2.45, 2.75) is 38.6 Å². The number of carbonyl (C=O) groups is 2. The summed E-state index contributed by atoms with van der Waals surface area (Å²) >= 11 is 0. The van der Waals surface area contributed by atoms with Gasteiger partial charge in [-0.05, 0) is 12.8 Å². The first kappa shape index (κ1) is 11.6. The Morgan fingerprint density at radius 3 is 2.65 bits per heavy atom. The van der Waals surface area contributed by atoms with E-state index in [-0.39, 0.29) is 17.5 Å². The summed E-state index contributed by atoms with van der Waals surface area (Å²) in [5, 5.41) is 15.7. The van der Waals surface area contributed by atoms with Crippen molar-refractivity contribution in [2.24, 2.45) is 0 Å². The van der Waals surface area contributed by atoms with Crippen LogP contribution in [0.25, 0.3) is 0 Å². The number of aromatic nitrogens is 2. The summed E-state index contributed by atoms with van der Waals surface area (Å²) in [6, 6.07) is 0.199. The molecule has 6 nitrogen and oxygen atoms in total. The second-order valence-electron chi connectivity index (χ2n) is 4.28. The molecule has 6 heteroatoms. The van der Waals surface area contributed by atoms with Gasteiger partial charge in [-0.3, -0.25) is 4.79 Å². The van der Waals surface area contributed by atoms with Gasteiger partial charge in [0.2, 0.25) is 5.91 Å². The van der Waals surface area contributed by atoms with Crippen LogP contribution in [0.3, 0.4) is 0 Å². The van der Waals surface area contributed by atoms with Crippen molar-refractivity contribution in [1.82, 2.24) is 9.78 Å². The summed E-state index contributed by atoms with van der Waals surface area (Å²) < 4.78 is 1.64. The number of aromatic carboxylic acids is 1. The van der Waals surface area contributed by atoms with E-state index in [0.29, 0.717) is 5.82 Å². The molecule has 0 spiro atoms. The quantitative estimate of drug-likeness (QED) is 0.837. The van der Waals surface area contributed by atoms with Crippen LogP contribution in [-0.4, -0.2) is 26.8 Å². The van der Waals surface area contributed by atoms with Crippen molar-refractivity contribution in [2.75, 3.05) is 5.32 Å². The van der Waals surface area contributed by atoms with Crippen LogP contribution in [-0.2, 0) is 4.79 Å². The highest BCUT2D eigenvalue weighted by molar-refractivity contribution is 5.98. The summed E-state index contributed by atoms with van der Waals surface area (Å²) in [4.78, 5) is 22.1. The number of hydrogen-bond donors (Lipinski definition) is 2. The fourth-order valence-electron chi connectivity index (χ4n) is 2.24. The molecule has 1 aliphatic rings. The smallest absolute Gasteiger partial charge is 0.341 e. The Kier molecular flexibility index (Phi) is 3.12. The number of nitrogens with one attached hydrogen (secondary N) is 1. The predicted octanol–water partition coefficient (Wildman–Crippen LogP) is 1.65. The molecule has 1 aliphatic carbocycles. The molecule has 0 aromatic carbocycles. The van der Waals surface area contributed by atoms with E-state index in [4.69, 9.17) is 5.11 Å². The first-order valence-corrected chi connectivity index (χ1v) is 5.68. The van der Waals surface area contributed by atoms with Crippen LogP contribution in [0.1, 0.15) is 49.0 Å². The van der Waals surface area contributed by atoms with Crippen molar-refractivity contribution >= 4 is 17.7 Å². The molecule has 0 aliphatic heterocycles. The largest absolute Gasteiger partial charge is 0.477 e. The average Bonchev–Trinajstić information content (AvgIpc) is 2.83. The molecular weight excluding hydrogens is 222 g/mol. The van der Waals surface area contributed by atoms with Crippen LogP contribution < -0.4 is 5.32 Å². The van der Waals surface area contributed by atoms with Crippen LogP contribution >= 0.6 is 0 Å². The first-order chi connectivity index (χ1) is 8.09. The maximum Gasteiger partial charge on any atom is 0.341 e. The van der Waals surface area contributed by atoms with E-state index in [0.717, 1.165) is 25.7 Å². The lowest BCUT2D eigenvalue weighted by atomic mass is 10.2.